The van der Waals surface area contributed by atoms with Crippen molar-refractivity contribution in [1.29, 1.82) is 0 Å². The smallest absolute Gasteiger partial charge is 0.261 e. The lowest BCUT2D eigenvalue weighted by atomic mass is 10.0. The van der Waals surface area contributed by atoms with Crippen LogP contribution in [0.1, 0.15) is 36.1 Å². The number of rotatable bonds is 10. The van der Waals surface area contributed by atoms with Crippen LogP contribution in [0.2, 0.25) is 5.02 Å². The number of hydrogen-bond donors (Lipinski definition) is 1. The average Bonchev–Trinajstić information content (AvgIpc) is 2.83. The molecule has 0 aromatic heterocycles. The summed E-state index contributed by atoms with van der Waals surface area (Å²) in [5.41, 5.74) is 3.85. The van der Waals surface area contributed by atoms with Gasteiger partial charge in [0.25, 0.3) is 5.91 Å². The van der Waals surface area contributed by atoms with Crippen LogP contribution >= 0.6 is 11.6 Å². The minimum absolute atomic E-state index is 0.0561. The number of ether oxygens (including phenoxy) is 1. The molecule has 0 aliphatic rings. The van der Waals surface area contributed by atoms with Gasteiger partial charge in [-0.1, -0.05) is 66.2 Å². The minimum Gasteiger partial charge on any atom is -0.483 e. The van der Waals surface area contributed by atoms with Crippen LogP contribution in [0.25, 0.3) is 0 Å². The van der Waals surface area contributed by atoms with E-state index in [0.29, 0.717) is 17.2 Å². The SMILES string of the molecule is Cc1ccc(C)c(OCC(=O)N(Cc2ccc(Cl)cc2)C(Cc2ccccc2)C(=O)NC(C)C)c1. The van der Waals surface area contributed by atoms with E-state index < -0.39 is 6.04 Å². The molecule has 0 spiro atoms. The van der Waals surface area contributed by atoms with E-state index >= 15 is 0 Å². The number of hydrogen-bond acceptors (Lipinski definition) is 3. The highest BCUT2D eigenvalue weighted by molar-refractivity contribution is 6.30. The van der Waals surface area contributed by atoms with Crippen LogP contribution in [0, 0.1) is 13.8 Å². The van der Waals surface area contributed by atoms with Crippen LogP contribution in [0.5, 0.6) is 5.75 Å². The first-order valence-corrected chi connectivity index (χ1v) is 12.2. The van der Waals surface area contributed by atoms with Crippen LogP contribution in [0.15, 0.2) is 72.8 Å². The summed E-state index contributed by atoms with van der Waals surface area (Å²) >= 11 is 6.07. The maximum Gasteiger partial charge on any atom is 0.261 e. The topological polar surface area (TPSA) is 58.6 Å². The predicted molar refractivity (Wildman–Crippen MR) is 141 cm³/mol. The van der Waals surface area contributed by atoms with Crippen molar-refractivity contribution >= 4 is 23.4 Å². The molecule has 2 amide bonds. The zero-order chi connectivity index (χ0) is 25.4. The number of benzene rings is 3. The van der Waals surface area contributed by atoms with Crippen molar-refractivity contribution in [3.05, 3.63) is 100 Å². The molecule has 0 fully saturated rings. The lowest BCUT2D eigenvalue weighted by Gasteiger charge is -2.32. The lowest BCUT2D eigenvalue weighted by Crippen LogP contribution is -2.52. The van der Waals surface area contributed by atoms with Gasteiger partial charge in [0.05, 0.1) is 0 Å². The highest BCUT2D eigenvalue weighted by Gasteiger charge is 2.31. The molecule has 3 aromatic carbocycles. The molecule has 3 rings (SSSR count). The summed E-state index contributed by atoms with van der Waals surface area (Å²) in [5.74, 6) is 0.203. The highest BCUT2D eigenvalue weighted by atomic mass is 35.5. The number of aryl methyl sites for hydroxylation is 2. The van der Waals surface area contributed by atoms with Crippen molar-refractivity contribution in [1.82, 2.24) is 10.2 Å². The molecule has 1 atom stereocenters. The van der Waals surface area contributed by atoms with Gasteiger partial charge in [-0.3, -0.25) is 9.59 Å². The van der Waals surface area contributed by atoms with Crippen molar-refractivity contribution in [2.75, 3.05) is 6.61 Å². The third-order valence-corrected chi connectivity index (χ3v) is 5.91. The molecule has 1 unspecified atom stereocenters. The van der Waals surface area contributed by atoms with Gasteiger partial charge in [0.1, 0.15) is 11.8 Å². The van der Waals surface area contributed by atoms with Gasteiger partial charge in [0.15, 0.2) is 6.61 Å². The van der Waals surface area contributed by atoms with E-state index in [2.05, 4.69) is 5.32 Å². The molecule has 0 heterocycles. The normalized spacial score (nSPS) is 11.7. The fraction of sp³-hybridized carbons (Fsp3) is 0.310. The summed E-state index contributed by atoms with van der Waals surface area (Å²) in [6, 6.07) is 22.2. The summed E-state index contributed by atoms with van der Waals surface area (Å²) < 4.78 is 5.93. The summed E-state index contributed by atoms with van der Waals surface area (Å²) in [6.45, 7) is 7.83. The minimum atomic E-state index is -0.704. The van der Waals surface area contributed by atoms with E-state index in [9.17, 15) is 9.59 Å². The molecule has 0 saturated heterocycles. The number of nitrogens with zero attached hydrogens (tertiary/aromatic N) is 1. The van der Waals surface area contributed by atoms with E-state index in [1.807, 2.05) is 88.4 Å². The van der Waals surface area contributed by atoms with Gasteiger partial charge < -0.3 is 15.0 Å². The Morgan fingerprint density at radius 1 is 0.943 bits per heavy atom. The third kappa shape index (κ3) is 7.86. The first-order valence-electron chi connectivity index (χ1n) is 11.8. The molecule has 0 radical (unpaired) electrons. The monoisotopic (exact) mass is 492 g/mol. The Morgan fingerprint density at radius 3 is 2.29 bits per heavy atom. The van der Waals surface area contributed by atoms with E-state index in [4.69, 9.17) is 16.3 Å². The molecule has 184 valence electrons. The highest BCUT2D eigenvalue weighted by Crippen LogP contribution is 2.21. The van der Waals surface area contributed by atoms with Gasteiger partial charge in [-0.2, -0.15) is 0 Å². The van der Waals surface area contributed by atoms with E-state index in [1.165, 1.54) is 0 Å². The van der Waals surface area contributed by atoms with Crippen molar-refractivity contribution < 1.29 is 14.3 Å². The molecular formula is C29H33ClN2O3. The summed E-state index contributed by atoms with van der Waals surface area (Å²) in [6.07, 6.45) is 0.391. The summed E-state index contributed by atoms with van der Waals surface area (Å²) in [5, 5.41) is 3.60. The van der Waals surface area contributed by atoms with Crippen molar-refractivity contribution in [2.24, 2.45) is 0 Å². The fourth-order valence-corrected chi connectivity index (χ4v) is 3.93. The Labute approximate surface area is 213 Å². The third-order valence-electron chi connectivity index (χ3n) is 5.66. The van der Waals surface area contributed by atoms with Gasteiger partial charge in [-0.05, 0) is 68.1 Å². The van der Waals surface area contributed by atoms with Crippen LogP contribution in [0.4, 0.5) is 0 Å². The second-order valence-corrected chi connectivity index (χ2v) is 9.51. The van der Waals surface area contributed by atoms with Crippen LogP contribution < -0.4 is 10.1 Å². The Balaban J connectivity index is 1.91. The molecule has 3 aromatic rings. The van der Waals surface area contributed by atoms with Crippen molar-refractivity contribution in [3.8, 4) is 5.75 Å². The average molecular weight is 493 g/mol. The van der Waals surface area contributed by atoms with Crippen LogP contribution in [0.3, 0.4) is 0 Å². The van der Waals surface area contributed by atoms with E-state index in [0.717, 1.165) is 22.3 Å². The van der Waals surface area contributed by atoms with Gasteiger partial charge >= 0.3 is 0 Å². The maximum absolute atomic E-state index is 13.6. The zero-order valence-corrected chi connectivity index (χ0v) is 21.5. The molecule has 6 heteroatoms. The Kier molecular flexibility index (Phi) is 9.32. The van der Waals surface area contributed by atoms with E-state index in [-0.39, 0.29) is 31.0 Å². The first kappa shape index (κ1) is 26.3. The number of halogens is 1. The van der Waals surface area contributed by atoms with Crippen LogP contribution in [-0.2, 0) is 22.6 Å². The molecule has 0 aliphatic carbocycles. The Bertz CT molecular complexity index is 1130. The Morgan fingerprint density at radius 2 is 1.63 bits per heavy atom. The fourth-order valence-electron chi connectivity index (χ4n) is 3.81. The van der Waals surface area contributed by atoms with Crippen LogP contribution in [-0.4, -0.2) is 35.4 Å². The molecule has 5 nitrogen and oxygen atoms in total. The predicted octanol–water partition coefficient (Wildman–Crippen LogP) is 5.50. The second kappa shape index (κ2) is 12.4. The number of nitrogens with one attached hydrogen (secondary N) is 1. The molecule has 0 bridgehead atoms. The molecule has 0 aliphatic heterocycles. The standard InChI is InChI=1S/C29H33ClN2O3/c1-20(2)31-29(34)26(17-23-8-6-5-7-9-23)32(18-24-12-14-25(30)15-13-24)28(33)19-35-27-16-21(3)10-11-22(27)4/h5-16,20,26H,17-19H2,1-4H3,(H,31,34). The van der Waals surface area contributed by atoms with Gasteiger partial charge in [-0.15, -0.1) is 0 Å². The first-order chi connectivity index (χ1) is 16.7. The van der Waals surface area contributed by atoms with E-state index in [1.54, 1.807) is 17.0 Å². The molecule has 35 heavy (non-hydrogen) atoms. The van der Waals surface area contributed by atoms with Gasteiger partial charge in [0, 0.05) is 24.0 Å². The van der Waals surface area contributed by atoms with Gasteiger partial charge in [0.2, 0.25) is 5.91 Å². The maximum atomic E-state index is 13.6. The quantitative estimate of drug-likeness (QED) is 0.406. The number of carbonyl (C=O) groups excluding carboxylic acids is 2. The molecule has 0 saturated carbocycles. The lowest BCUT2D eigenvalue weighted by molar-refractivity contribution is -0.143. The van der Waals surface area contributed by atoms with Crippen molar-refractivity contribution in [2.45, 2.75) is 52.7 Å². The number of carbonyl (C=O) groups is 2. The Hall–Kier alpha value is -3.31. The second-order valence-electron chi connectivity index (χ2n) is 9.07. The summed E-state index contributed by atoms with van der Waals surface area (Å²) in [7, 11) is 0. The van der Waals surface area contributed by atoms with Crippen molar-refractivity contribution in [3.63, 3.8) is 0 Å². The van der Waals surface area contributed by atoms with Gasteiger partial charge in [-0.25, -0.2) is 0 Å². The largest absolute Gasteiger partial charge is 0.483 e. The summed E-state index contributed by atoms with van der Waals surface area (Å²) in [4.78, 5) is 28.6. The molecular weight excluding hydrogens is 460 g/mol. The number of amides is 2. The molecule has 1 N–H and O–H groups in total. The zero-order valence-electron chi connectivity index (χ0n) is 20.8.